The first kappa shape index (κ1) is 13.0. The van der Waals surface area contributed by atoms with E-state index in [1.54, 1.807) is 11.0 Å². The van der Waals surface area contributed by atoms with Crippen molar-refractivity contribution < 1.29 is 4.79 Å². The summed E-state index contributed by atoms with van der Waals surface area (Å²) in [7, 11) is 1.84. The molecule has 0 bridgehead atoms. The van der Waals surface area contributed by atoms with Gasteiger partial charge < -0.3 is 10.6 Å². The summed E-state index contributed by atoms with van der Waals surface area (Å²) in [4.78, 5) is 16.3. The molecule has 1 saturated heterocycles. The highest BCUT2D eigenvalue weighted by Crippen LogP contribution is 2.29. The summed E-state index contributed by atoms with van der Waals surface area (Å²) in [6, 6.07) is 0. The SMILES string of the molecule is CCC1(C(=O)NCCc2ncn(C)n2)CCNC1. The van der Waals surface area contributed by atoms with Crippen LogP contribution in [-0.2, 0) is 18.3 Å². The summed E-state index contributed by atoms with van der Waals surface area (Å²) in [5.74, 6) is 0.929. The molecule has 0 saturated carbocycles. The molecule has 0 aliphatic carbocycles. The van der Waals surface area contributed by atoms with Gasteiger partial charge in [-0.15, -0.1) is 0 Å². The minimum absolute atomic E-state index is 0.158. The summed E-state index contributed by atoms with van der Waals surface area (Å²) >= 11 is 0. The van der Waals surface area contributed by atoms with Crippen molar-refractivity contribution >= 4 is 5.91 Å². The number of carbonyl (C=O) groups is 1. The Morgan fingerprint density at radius 3 is 3.06 bits per heavy atom. The molecule has 1 aromatic heterocycles. The van der Waals surface area contributed by atoms with Crippen LogP contribution in [0, 0.1) is 5.41 Å². The maximum Gasteiger partial charge on any atom is 0.227 e. The second kappa shape index (κ2) is 5.48. The third kappa shape index (κ3) is 2.69. The predicted molar refractivity (Wildman–Crippen MR) is 67.9 cm³/mol. The number of aromatic nitrogens is 3. The fourth-order valence-electron chi connectivity index (χ4n) is 2.37. The number of aryl methyl sites for hydroxylation is 1. The molecule has 1 unspecified atom stereocenters. The van der Waals surface area contributed by atoms with E-state index in [0.29, 0.717) is 13.0 Å². The summed E-state index contributed by atoms with van der Waals surface area (Å²) in [5, 5.41) is 10.5. The average Bonchev–Trinajstić information content (AvgIpc) is 2.99. The van der Waals surface area contributed by atoms with Crippen LogP contribution in [0.5, 0.6) is 0 Å². The fraction of sp³-hybridized carbons (Fsp3) is 0.750. The van der Waals surface area contributed by atoms with Gasteiger partial charge in [0.1, 0.15) is 6.33 Å². The van der Waals surface area contributed by atoms with Crippen molar-refractivity contribution in [3.05, 3.63) is 12.2 Å². The normalized spacial score (nSPS) is 23.2. The molecule has 1 aliphatic rings. The van der Waals surface area contributed by atoms with Gasteiger partial charge in [0.2, 0.25) is 5.91 Å². The van der Waals surface area contributed by atoms with Crippen LogP contribution in [0.2, 0.25) is 0 Å². The van der Waals surface area contributed by atoms with E-state index >= 15 is 0 Å². The lowest BCUT2D eigenvalue weighted by atomic mass is 9.83. The molecule has 2 N–H and O–H groups in total. The molecule has 2 heterocycles. The van der Waals surface area contributed by atoms with Crippen molar-refractivity contribution in [2.24, 2.45) is 12.5 Å². The second-order valence-corrected chi connectivity index (χ2v) is 4.90. The summed E-state index contributed by atoms with van der Waals surface area (Å²) in [5.41, 5.74) is -0.211. The Morgan fingerprint density at radius 2 is 2.50 bits per heavy atom. The first-order valence-electron chi connectivity index (χ1n) is 6.50. The zero-order valence-electron chi connectivity index (χ0n) is 11.1. The number of hydrogen-bond acceptors (Lipinski definition) is 4. The molecular formula is C12H21N5O. The van der Waals surface area contributed by atoms with Gasteiger partial charge in [0.05, 0.1) is 5.41 Å². The van der Waals surface area contributed by atoms with Crippen LogP contribution >= 0.6 is 0 Å². The van der Waals surface area contributed by atoms with Crippen molar-refractivity contribution in [3.63, 3.8) is 0 Å². The molecule has 1 atom stereocenters. The van der Waals surface area contributed by atoms with Gasteiger partial charge in [-0.2, -0.15) is 5.10 Å². The molecule has 6 heteroatoms. The zero-order chi connectivity index (χ0) is 13.0. The number of carbonyl (C=O) groups excluding carboxylic acids is 1. The van der Waals surface area contributed by atoms with Gasteiger partial charge >= 0.3 is 0 Å². The first-order chi connectivity index (χ1) is 8.66. The third-order valence-corrected chi connectivity index (χ3v) is 3.68. The van der Waals surface area contributed by atoms with Crippen LogP contribution in [0.3, 0.4) is 0 Å². The Bertz CT molecular complexity index is 408. The Labute approximate surface area is 107 Å². The highest BCUT2D eigenvalue weighted by Gasteiger charge is 2.39. The molecule has 1 fully saturated rings. The van der Waals surface area contributed by atoms with E-state index in [1.165, 1.54) is 0 Å². The van der Waals surface area contributed by atoms with Crippen molar-refractivity contribution in [2.45, 2.75) is 26.2 Å². The molecule has 6 nitrogen and oxygen atoms in total. The molecule has 0 radical (unpaired) electrons. The Hall–Kier alpha value is -1.43. The van der Waals surface area contributed by atoms with Crippen LogP contribution in [0.15, 0.2) is 6.33 Å². The number of hydrogen-bond donors (Lipinski definition) is 2. The molecule has 0 aromatic carbocycles. The van der Waals surface area contributed by atoms with E-state index in [1.807, 2.05) is 7.05 Å². The van der Waals surface area contributed by atoms with Crippen LogP contribution in [-0.4, -0.2) is 40.3 Å². The van der Waals surface area contributed by atoms with E-state index in [4.69, 9.17) is 0 Å². The minimum atomic E-state index is -0.211. The lowest BCUT2D eigenvalue weighted by molar-refractivity contribution is -0.130. The summed E-state index contributed by atoms with van der Waals surface area (Å²) in [6.07, 6.45) is 4.16. The van der Waals surface area contributed by atoms with Gasteiger partial charge in [-0.25, -0.2) is 4.98 Å². The Balaban J connectivity index is 1.81. The molecule has 1 aromatic rings. The van der Waals surface area contributed by atoms with Crippen LogP contribution < -0.4 is 10.6 Å². The van der Waals surface area contributed by atoms with Crippen molar-refractivity contribution in [2.75, 3.05) is 19.6 Å². The fourth-order valence-corrected chi connectivity index (χ4v) is 2.37. The van der Waals surface area contributed by atoms with Gasteiger partial charge in [0, 0.05) is 26.6 Å². The van der Waals surface area contributed by atoms with Gasteiger partial charge in [0.15, 0.2) is 5.82 Å². The van der Waals surface area contributed by atoms with Gasteiger partial charge in [0.25, 0.3) is 0 Å². The van der Waals surface area contributed by atoms with Gasteiger partial charge in [-0.1, -0.05) is 6.92 Å². The van der Waals surface area contributed by atoms with Gasteiger partial charge in [-0.3, -0.25) is 9.48 Å². The van der Waals surface area contributed by atoms with Crippen LogP contribution in [0.25, 0.3) is 0 Å². The van der Waals surface area contributed by atoms with Crippen molar-refractivity contribution in [1.29, 1.82) is 0 Å². The molecule has 100 valence electrons. The highest BCUT2D eigenvalue weighted by molar-refractivity contribution is 5.83. The Morgan fingerprint density at radius 1 is 1.67 bits per heavy atom. The third-order valence-electron chi connectivity index (χ3n) is 3.68. The zero-order valence-corrected chi connectivity index (χ0v) is 11.1. The quantitative estimate of drug-likeness (QED) is 0.764. The van der Waals surface area contributed by atoms with E-state index in [0.717, 1.165) is 31.8 Å². The maximum absolute atomic E-state index is 12.2. The van der Waals surface area contributed by atoms with Gasteiger partial charge in [-0.05, 0) is 19.4 Å². The van der Waals surface area contributed by atoms with Crippen LogP contribution in [0.1, 0.15) is 25.6 Å². The molecule has 2 rings (SSSR count). The van der Waals surface area contributed by atoms with E-state index in [9.17, 15) is 4.79 Å². The standard InChI is InChI=1S/C12H21N5O/c1-3-12(5-7-13-8-12)11(18)14-6-4-10-15-9-17(2)16-10/h9,13H,3-8H2,1-2H3,(H,14,18). The lowest BCUT2D eigenvalue weighted by Gasteiger charge is -2.25. The number of amides is 1. The molecule has 18 heavy (non-hydrogen) atoms. The highest BCUT2D eigenvalue weighted by atomic mass is 16.2. The second-order valence-electron chi connectivity index (χ2n) is 4.90. The van der Waals surface area contributed by atoms with Crippen molar-refractivity contribution in [1.82, 2.24) is 25.4 Å². The lowest BCUT2D eigenvalue weighted by Crippen LogP contribution is -2.42. The number of nitrogens with one attached hydrogen (secondary N) is 2. The molecular weight excluding hydrogens is 230 g/mol. The summed E-state index contributed by atoms with van der Waals surface area (Å²) < 4.78 is 1.67. The van der Waals surface area contributed by atoms with Crippen molar-refractivity contribution in [3.8, 4) is 0 Å². The molecule has 1 aliphatic heterocycles. The molecule has 1 amide bonds. The van der Waals surface area contributed by atoms with E-state index in [-0.39, 0.29) is 11.3 Å². The maximum atomic E-state index is 12.2. The molecule has 0 spiro atoms. The summed E-state index contributed by atoms with van der Waals surface area (Å²) in [6.45, 7) is 4.40. The monoisotopic (exact) mass is 251 g/mol. The Kier molecular flexibility index (Phi) is 3.96. The van der Waals surface area contributed by atoms with Crippen LogP contribution in [0.4, 0.5) is 0 Å². The first-order valence-corrected chi connectivity index (χ1v) is 6.50. The van der Waals surface area contributed by atoms with E-state index < -0.39 is 0 Å². The average molecular weight is 251 g/mol. The van der Waals surface area contributed by atoms with E-state index in [2.05, 4.69) is 27.6 Å². The smallest absolute Gasteiger partial charge is 0.227 e. The largest absolute Gasteiger partial charge is 0.355 e. The number of rotatable bonds is 5. The minimum Gasteiger partial charge on any atom is -0.355 e. The predicted octanol–water partition coefficient (Wildman–Crippen LogP) is -0.136. The topological polar surface area (TPSA) is 71.8 Å². The number of nitrogens with zero attached hydrogens (tertiary/aromatic N) is 3.